The molecule has 1 N–H and O–H groups in total. The highest BCUT2D eigenvalue weighted by Crippen LogP contribution is 2.57. The van der Waals surface area contributed by atoms with Gasteiger partial charge in [-0.25, -0.2) is 0 Å². The number of nitrogens with one attached hydrogen (secondary N) is 1. The van der Waals surface area contributed by atoms with E-state index in [-0.39, 0.29) is 0 Å². The quantitative estimate of drug-likeness (QED) is 0.795. The summed E-state index contributed by atoms with van der Waals surface area (Å²) in [6.07, 6.45) is 5.86. The third-order valence-electron chi connectivity index (χ3n) is 5.11. The van der Waals surface area contributed by atoms with Crippen molar-refractivity contribution in [2.45, 2.75) is 51.7 Å². The van der Waals surface area contributed by atoms with Crippen LogP contribution in [0.15, 0.2) is 0 Å². The van der Waals surface area contributed by atoms with Crippen LogP contribution in [0.1, 0.15) is 39.5 Å². The summed E-state index contributed by atoms with van der Waals surface area (Å²) in [5.41, 5.74) is 0.888. The predicted molar refractivity (Wildman–Crippen MR) is 67.0 cm³/mol. The predicted octanol–water partition coefficient (Wildman–Crippen LogP) is 1.96. The van der Waals surface area contributed by atoms with Gasteiger partial charge >= 0.3 is 0 Å². The second-order valence-corrected chi connectivity index (χ2v) is 6.50. The number of rotatable bonds is 5. The van der Waals surface area contributed by atoms with Gasteiger partial charge in [-0.15, -0.1) is 0 Å². The van der Waals surface area contributed by atoms with Crippen LogP contribution in [0.4, 0.5) is 0 Å². The molecule has 2 saturated carbocycles. The monoisotopic (exact) mass is 239 g/mol. The summed E-state index contributed by atoms with van der Waals surface area (Å²) >= 11 is 0. The zero-order valence-corrected chi connectivity index (χ0v) is 11.1. The van der Waals surface area contributed by atoms with Crippen LogP contribution in [-0.4, -0.2) is 38.5 Å². The van der Waals surface area contributed by atoms with Gasteiger partial charge in [0.15, 0.2) is 0 Å². The van der Waals surface area contributed by atoms with Crippen LogP contribution in [0.25, 0.3) is 0 Å². The Balaban J connectivity index is 1.51. The van der Waals surface area contributed by atoms with Crippen molar-refractivity contribution in [3.8, 4) is 0 Å². The number of hydrogen-bond donors (Lipinski definition) is 1. The molecule has 98 valence electrons. The highest BCUT2D eigenvalue weighted by molar-refractivity contribution is 5.12. The Hall–Kier alpha value is -0.120. The van der Waals surface area contributed by atoms with Crippen LogP contribution in [-0.2, 0) is 9.47 Å². The molecule has 3 heteroatoms. The molecule has 17 heavy (non-hydrogen) atoms. The zero-order valence-electron chi connectivity index (χ0n) is 11.1. The molecular weight excluding hydrogens is 214 g/mol. The Kier molecular flexibility index (Phi) is 2.96. The van der Waals surface area contributed by atoms with Crippen molar-refractivity contribution >= 4 is 0 Å². The molecule has 0 radical (unpaired) electrons. The molecule has 3 aliphatic rings. The summed E-state index contributed by atoms with van der Waals surface area (Å²) in [5, 5.41) is 3.78. The fraction of sp³-hybridized carbons (Fsp3) is 1.00. The molecule has 3 fully saturated rings. The topological polar surface area (TPSA) is 30.5 Å². The first-order valence-corrected chi connectivity index (χ1v) is 7.11. The van der Waals surface area contributed by atoms with Crippen LogP contribution in [0.5, 0.6) is 0 Å². The van der Waals surface area contributed by atoms with Gasteiger partial charge in [0.05, 0.1) is 19.3 Å². The van der Waals surface area contributed by atoms with Gasteiger partial charge in [0, 0.05) is 30.0 Å². The Morgan fingerprint density at radius 1 is 1.35 bits per heavy atom. The van der Waals surface area contributed by atoms with Crippen molar-refractivity contribution in [3.05, 3.63) is 0 Å². The Morgan fingerprint density at radius 2 is 2.12 bits per heavy atom. The minimum Gasteiger partial charge on any atom is -0.380 e. The van der Waals surface area contributed by atoms with E-state index in [9.17, 15) is 0 Å². The van der Waals surface area contributed by atoms with Crippen LogP contribution in [0, 0.1) is 10.8 Å². The summed E-state index contributed by atoms with van der Waals surface area (Å²) in [5.74, 6) is 0. The summed E-state index contributed by atoms with van der Waals surface area (Å²) < 4.78 is 11.2. The molecule has 2 unspecified atom stereocenters. The molecule has 1 spiro atoms. The van der Waals surface area contributed by atoms with Crippen LogP contribution in [0.3, 0.4) is 0 Å². The molecule has 0 aromatic heterocycles. The van der Waals surface area contributed by atoms with E-state index in [0.29, 0.717) is 23.0 Å². The van der Waals surface area contributed by atoms with Gasteiger partial charge in [0.25, 0.3) is 0 Å². The van der Waals surface area contributed by atoms with E-state index in [2.05, 4.69) is 19.2 Å². The van der Waals surface area contributed by atoms with Gasteiger partial charge in [-0.3, -0.25) is 0 Å². The van der Waals surface area contributed by atoms with Crippen LogP contribution >= 0.6 is 0 Å². The fourth-order valence-electron chi connectivity index (χ4n) is 3.65. The Bertz CT molecular complexity index is 284. The van der Waals surface area contributed by atoms with Gasteiger partial charge in [-0.1, -0.05) is 13.3 Å². The van der Waals surface area contributed by atoms with E-state index in [1.165, 1.54) is 25.7 Å². The van der Waals surface area contributed by atoms with Crippen molar-refractivity contribution in [2.24, 2.45) is 10.8 Å². The molecular formula is C14H25NO2. The summed E-state index contributed by atoms with van der Waals surface area (Å²) in [6, 6.07) is 0.699. The van der Waals surface area contributed by atoms with E-state index < -0.39 is 0 Å². The standard InChI is InChI=1S/C14H25NO2/c1-3-17-12-7-11(14(12)5-4-6-14)15-8-13(2)9-16-10-13/h11-12,15H,3-10H2,1-2H3. The molecule has 3 rings (SSSR count). The van der Waals surface area contributed by atoms with Gasteiger partial charge < -0.3 is 14.8 Å². The minimum absolute atomic E-state index is 0.391. The lowest BCUT2D eigenvalue weighted by molar-refractivity contribution is -0.178. The molecule has 0 amide bonds. The lowest BCUT2D eigenvalue weighted by Crippen LogP contribution is -2.68. The highest BCUT2D eigenvalue weighted by atomic mass is 16.5. The lowest BCUT2D eigenvalue weighted by atomic mass is 9.51. The molecule has 1 aliphatic heterocycles. The minimum atomic E-state index is 0.391. The van der Waals surface area contributed by atoms with Crippen molar-refractivity contribution in [1.29, 1.82) is 0 Å². The van der Waals surface area contributed by atoms with E-state index in [4.69, 9.17) is 9.47 Å². The van der Waals surface area contributed by atoms with E-state index in [1.54, 1.807) is 0 Å². The van der Waals surface area contributed by atoms with Crippen molar-refractivity contribution in [2.75, 3.05) is 26.4 Å². The van der Waals surface area contributed by atoms with Crippen LogP contribution < -0.4 is 5.32 Å². The summed E-state index contributed by atoms with van der Waals surface area (Å²) in [4.78, 5) is 0. The first-order chi connectivity index (χ1) is 8.19. The maximum atomic E-state index is 5.87. The SMILES string of the molecule is CCOC1CC(NCC2(C)COC2)C12CCC2. The van der Waals surface area contributed by atoms with Crippen molar-refractivity contribution in [3.63, 3.8) is 0 Å². The maximum absolute atomic E-state index is 5.87. The Morgan fingerprint density at radius 3 is 2.59 bits per heavy atom. The Labute approximate surface area is 104 Å². The second-order valence-electron chi connectivity index (χ2n) is 6.50. The number of ether oxygens (including phenoxy) is 2. The average Bonchev–Trinajstić information content (AvgIpc) is 2.17. The van der Waals surface area contributed by atoms with Gasteiger partial charge in [0.1, 0.15) is 0 Å². The molecule has 0 bridgehead atoms. The van der Waals surface area contributed by atoms with Crippen molar-refractivity contribution in [1.82, 2.24) is 5.32 Å². The molecule has 2 aliphatic carbocycles. The summed E-state index contributed by atoms with van der Waals surface area (Å²) in [6.45, 7) is 8.25. The van der Waals surface area contributed by atoms with E-state index in [1.807, 2.05) is 0 Å². The fourth-order valence-corrected chi connectivity index (χ4v) is 3.65. The normalized spacial score (nSPS) is 37.1. The van der Waals surface area contributed by atoms with E-state index >= 15 is 0 Å². The molecule has 1 heterocycles. The molecule has 0 aromatic carbocycles. The molecule has 1 saturated heterocycles. The van der Waals surface area contributed by atoms with Gasteiger partial charge in [-0.2, -0.15) is 0 Å². The molecule has 2 atom stereocenters. The third-order valence-corrected chi connectivity index (χ3v) is 5.11. The largest absolute Gasteiger partial charge is 0.380 e. The zero-order chi connectivity index (χ0) is 11.9. The number of hydrogen-bond acceptors (Lipinski definition) is 3. The van der Waals surface area contributed by atoms with Crippen molar-refractivity contribution < 1.29 is 9.47 Å². The average molecular weight is 239 g/mol. The van der Waals surface area contributed by atoms with Gasteiger partial charge in [-0.05, 0) is 26.2 Å². The maximum Gasteiger partial charge on any atom is 0.0661 e. The third kappa shape index (κ3) is 1.83. The summed E-state index contributed by atoms with van der Waals surface area (Å²) in [7, 11) is 0. The smallest absolute Gasteiger partial charge is 0.0661 e. The van der Waals surface area contributed by atoms with Gasteiger partial charge in [0.2, 0.25) is 0 Å². The first-order valence-electron chi connectivity index (χ1n) is 7.11. The lowest BCUT2D eigenvalue weighted by Gasteiger charge is -2.61. The molecule has 3 nitrogen and oxygen atoms in total. The molecule has 0 aromatic rings. The van der Waals surface area contributed by atoms with Crippen LogP contribution in [0.2, 0.25) is 0 Å². The van der Waals surface area contributed by atoms with E-state index in [0.717, 1.165) is 26.4 Å². The first kappa shape index (κ1) is 11.9. The highest BCUT2D eigenvalue weighted by Gasteiger charge is 2.58. The second kappa shape index (κ2) is 4.22.